The van der Waals surface area contributed by atoms with E-state index < -0.39 is 5.95 Å². The van der Waals surface area contributed by atoms with E-state index in [-0.39, 0.29) is 0 Å². The van der Waals surface area contributed by atoms with Crippen LogP contribution in [0.15, 0.2) is 0 Å². The molecule has 0 unspecified atom stereocenters. The number of aryl methyl sites for hydroxylation is 1. The summed E-state index contributed by atoms with van der Waals surface area (Å²) in [6.07, 6.45) is 0. The molecular weight excluding hydrogens is 133 g/mol. The maximum atomic E-state index is 12.1. The fourth-order valence-corrected chi connectivity index (χ4v) is 0.379. The molecule has 1 aromatic heterocycles. The maximum absolute atomic E-state index is 12.1. The van der Waals surface area contributed by atoms with Gasteiger partial charge in [0.15, 0.2) is 0 Å². The number of halogens is 1. The van der Waals surface area contributed by atoms with Crippen LogP contribution in [0.25, 0.3) is 0 Å². The molecule has 0 aromatic carbocycles. The third-order valence-corrected chi connectivity index (χ3v) is 1.05. The molecule has 0 amide bonds. The van der Waals surface area contributed by atoms with Gasteiger partial charge in [0.1, 0.15) is 0 Å². The van der Waals surface area contributed by atoms with Crippen molar-refractivity contribution in [2.45, 2.75) is 20.8 Å². The lowest BCUT2D eigenvalue weighted by Crippen LogP contribution is -1.92. The number of rotatable bonds is 0. The van der Waals surface area contributed by atoms with Crippen LogP contribution in [0.3, 0.4) is 0 Å². The highest BCUT2D eigenvalue weighted by atomic mass is 19.1. The molecule has 0 aliphatic carbocycles. The zero-order chi connectivity index (χ0) is 8.15. The summed E-state index contributed by atoms with van der Waals surface area (Å²) in [6, 6.07) is 0. The number of nitrogens with zero attached hydrogens (tertiary/aromatic N) is 3. The van der Waals surface area contributed by atoms with E-state index in [1.165, 1.54) is 4.68 Å². The maximum Gasteiger partial charge on any atom is 0.255 e. The van der Waals surface area contributed by atoms with E-state index >= 15 is 0 Å². The Morgan fingerprint density at radius 2 is 1.90 bits per heavy atom. The normalized spacial score (nSPS) is 8.50. The number of aromatic nitrogens is 3. The van der Waals surface area contributed by atoms with Crippen molar-refractivity contribution in [1.29, 1.82) is 0 Å². The summed E-state index contributed by atoms with van der Waals surface area (Å²) in [4.78, 5) is 0. The smallest absolute Gasteiger partial charge is 0.250 e. The van der Waals surface area contributed by atoms with Crippen molar-refractivity contribution in [3.63, 3.8) is 0 Å². The van der Waals surface area contributed by atoms with Crippen molar-refractivity contribution in [3.8, 4) is 0 Å². The molecule has 1 aromatic rings. The molecule has 4 heteroatoms. The van der Waals surface area contributed by atoms with Gasteiger partial charge in [-0.15, -0.1) is 0 Å². The fraction of sp³-hybridized carbons (Fsp3) is 0.667. The third-order valence-electron chi connectivity index (χ3n) is 1.05. The van der Waals surface area contributed by atoms with Gasteiger partial charge in [-0.3, -0.25) is 0 Å². The summed E-state index contributed by atoms with van der Waals surface area (Å²) < 4.78 is 13.5. The van der Waals surface area contributed by atoms with Crippen LogP contribution < -0.4 is 0 Å². The van der Waals surface area contributed by atoms with Crippen molar-refractivity contribution in [2.24, 2.45) is 7.05 Å². The Bertz CT molecular complexity index is 175. The molecule has 0 aliphatic heterocycles. The summed E-state index contributed by atoms with van der Waals surface area (Å²) in [5, 5.41) is 6.57. The first-order valence-electron chi connectivity index (χ1n) is 3.23. The SMILES string of the molecule is CC.Cc1c(F)nnn1C. The molecule has 1 heterocycles. The van der Waals surface area contributed by atoms with Crippen molar-refractivity contribution in [2.75, 3.05) is 0 Å². The van der Waals surface area contributed by atoms with Crippen molar-refractivity contribution >= 4 is 0 Å². The molecule has 0 saturated heterocycles. The lowest BCUT2D eigenvalue weighted by molar-refractivity contribution is 0.572. The van der Waals surface area contributed by atoms with Gasteiger partial charge in [0.05, 0.1) is 5.69 Å². The van der Waals surface area contributed by atoms with Crippen LogP contribution in [-0.2, 0) is 7.05 Å². The molecule has 58 valence electrons. The Morgan fingerprint density at radius 1 is 1.40 bits per heavy atom. The summed E-state index contributed by atoms with van der Waals surface area (Å²) in [5.74, 6) is -0.493. The highest BCUT2D eigenvalue weighted by Gasteiger charge is 2.00. The molecule has 0 atom stereocenters. The average molecular weight is 145 g/mol. The largest absolute Gasteiger partial charge is 0.255 e. The minimum absolute atomic E-state index is 0.463. The lowest BCUT2D eigenvalue weighted by atomic mass is 10.5. The zero-order valence-corrected chi connectivity index (χ0v) is 6.72. The van der Waals surface area contributed by atoms with Gasteiger partial charge in [-0.1, -0.05) is 24.2 Å². The Balaban J connectivity index is 0.000000371. The zero-order valence-electron chi connectivity index (χ0n) is 6.72. The van der Waals surface area contributed by atoms with E-state index in [1.54, 1.807) is 14.0 Å². The first-order valence-corrected chi connectivity index (χ1v) is 3.23. The molecule has 0 radical (unpaired) electrons. The van der Waals surface area contributed by atoms with Crippen molar-refractivity contribution < 1.29 is 4.39 Å². The molecule has 0 fully saturated rings. The standard InChI is InChI=1S/C4H6FN3.C2H6/c1-3-4(5)6-7-8(3)2;1-2/h1-2H3;1-2H3. The Kier molecular flexibility index (Phi) is 3.61. The van der Waals surface area contributed by atoms with Crippen LogP contribution in [0.4, 0.5) is 4.39 Å². The van der Waals surface area contributed by atoms with Gasteiger partial charge in [-0.05, 0) is 6.92 Å². The molecule has 0 N–H and O–H groups in total. The van der Waals surface area contributed by atoms with Crippen LogP contribution in [0.5, 0.6) is 0 Å². The monoisotopic (exact) mass is 145 g/mol. The van der Waals surface area contributed by atoms with Crippen LogP contribution in [-0.4, -0.2) is 15.0 Å². The van der Waals surface area contributed by atoms with Gasteiger partial charge in [-0.2, -0.15) is 4.39 Å². The van der Waals surface area contributed by atoms with Gasteiger partial charge < -0.3 is 0 Å². The fourth-order valence-electron chi connectivity index (χ4n) is 0.379. The van der Waals surface area contributed by atoms with E-state index in [1.807, 2.05) is 13.8 Å². The van der Waals surface area contributed by atoms with Crippen LogP contribution >= 0.6 is 0 Å². The summed E-state index contributed by atoms with van der Waals surface area (Å²) in [7, 11) is 1.64. The summed E-state index contributed by atoms with van der Waals surface area (Å²) in [5.41, 5.74) is 0.463. The molecule has 0 spiro atoms. The van der Waals surface area contributed by atoms with Gasteiger partial charge in [0, 0.05) is 7.05 Å². The second-order valence-electron chi connectivity index (χ2n) is 1.59. The Morgan fingerprint density at radius 3 is 2.00 bits per heavy atom. The van der Waals surface area contributed by atoms with E-state index in [9.17, 15) is 4.39 Å². The molecule has 0 saturated carbocycles. The van der Waals surface area contributed by atoms with Crippen molar-refractivity contribution in [3.05, 3.63) is 11.6 Å². The number of hydrogen-bond acceptors (Lipinski definition) is 2. The van der Waals surface area contributed by atoms with Gasteiger partial charge in [-0.25, -0.2) is 4.68 Å². The summed E-state index contributed by atoms with van der Waals surface area (Å²) in [6.45, 7) is 5.62. The quantitative estimate of drug-likeness (QED) is 0.550. The minimum atomic E-state index is -0.493. The third kappa shape index (κ3) is 1.79. The van der Waals surface area contributed by atoms with Crippen LogP contribution in [0, 0.1) is 12.9 Å². The molecular formula is C6H12FN3. The Hall–Kier alpha value is -0.930. The van der Waals surface area contributed by atoms with E-state index in [2.05, 4.69) is 10.3 Å². The minimum Gasteiger partial charge on any atom is -0.250 e. The van der Waals surface area contributed by atoms with Crippen molar-refractivity contribution in [1.82, 2.24) is 15.0 Å². The van der Waals surface area contributed by atoms with Crippen LogP contribution in [0.2, 0.25) is 0 Å². The molecule has 0 aliphatic rings. The molecule has 10 heavy (non-hydrogen) atoms. The molecule has 3 nitrogen and oxygen atoms in total. The van der Waals surface area contributed by atoms with E-state index in [0.29, 0.717) is 5.69 Å². The van der Waals surface area contributed by atoms with Gasteiger partial charge in [0.25, 0.3) is 5.95 Å². The first kappa shape index (κ1) is 9.07. The predicted molar refractivity (Wildman–Crippen MR) is 37.0 cm³/mol. The van der Waals surface area contributed by atoms with E-state index in [0.717, 1.165) is 0 Å². The lowest BCUT2D eigenvalue weighted by Gasteiger charge is -1.85. The molecule has 1 rings (SSSR count). The summed E-state index contributed by atoms with van der Waals surface area (Å²) >= 11 is 0. The second kappa shape index (κ2) is 3.98. The van der Waals surface area contributed by atoms with Gasteiger partial charge in [0.2, 0.25) is 0 Å². The predicted octanol–water partition coefficient (Wildman–Crippen LogP) is 1.29. The first-order chi connectivity index (χ1) is 4.72. The Labute approximate surface area is 59.9 Å². The second-order valence-corrected chi connectivity index (χ2v) is 1.59. The average Bonchev–Trinajstić information content (AvgIpc) is 2.25. The topological polar surface area (TPSA) is 30.7 Å². The van der Waals surface area contributed by atoms with Crippen LogP contribution in [0.1, 0.15) is 19.5 Å². The highest BCUT2D eigenvalue weighted by molar-refractivity contribution is 4.90. The molecule has 0 bridgehead atoms. The number of hydrogen-bond donors (Lipinski definition) is 0. The van der Waals surface area contributed by atoms with E-state index in [4.69, 9.17) is 0 Å². The highest BCUT2D eigenvalue weighted by Crippen LogP contribution is 1.95. The van der Waals surface area contributed by atoms with Gasteiger partial charge >= 0.3 is 0 Å².